The Kier molecular flexibility index (Phi) is 10.6. The summed E-state index contributed by atoms with van der Waals surface area (Å²) >= 11 is 0. The van der Waals surface area contributed by atoms with E-state index in [9.17, 15) is 9.59 Å². The van der Waals surface area contributed by atoms with Crippen molar-refractivity contribution >= 4 is 11.7 Å². The largest absolute Gasteiger partial charge is 0.352 e. The first-order valence-corrected chi connectivity index (χ1v) is 14.5. The van der Waals surface area contributed by atoms with E-state index in [1.54, 1.807) is 0 Å². The van der Waals surface area contributed by atoms with Crippen LogP contribution in [0.25, 0.3) is 0 Å². The first kappa shape index (κ1) is 30.0. The lowest BCUT2D eigenvalue weighted by atomic mass is 9.91. The summed E-state index contributed by atoms with van der Waals surface area (Å²) in [5.74, 6) is 0.0899. The molecule has 4 aromatic carbocycles. The molecule has 0 unspecified atom stereocenters. The van der Waals surface area contributed by atoms with Crippen LogP contribution in [0.1, 0.15) is 49.4 Å². The van der Waals surface area contributed by atoms with Gasteiger partial charge in [0.05, 0.1) is 6.04 Å². The lowest BCUT2D eigenvalue weighted by Gasteiger charge is -2.33. The van der Waals surface area contributed by atoms with Crippen molar-refractivity contribution in [1.29, 1.82) is 0 Å². The minimum Gasteiger partial charge on any atom is -0.352 e. The van der Waals surface area contributed by atoms with Gasteiger partial charge in [-0.3, -0.25) is 14.5 Å². The Labute approximate surface area is 245 Å². The minimum absolute atomic E-state index is 0.0451. The van der Waals surface area contributed by atoms with Gasteiger partial charge in [-0.15, -0.1) is 0 Å². The molecule has 0 spiro atoms. The van der Waals surface area contributed by atoms with Crippen LogP contribution in [0.4, 0.5) is 0 Å². The number of hydrogen-bond acceptors (Lipinski definition) is 3. The Bertz CT molecular complexity index is 1310. The molecule has 0 aliphatic rings. The third-order valence-electron chi connectivity index (χ3n) is 7.33. The zero-order valence-corrected chi connectivity index (χ0v) is 24.5. The Morgan fingerprint density at radius 1 is 0.610 bits per heavy atom. The predicted molar refractivity (Wildman–Crippen MR) is 167 cm³/mol. The van der Waals surface area contributed by atoms with Crippen molar-refractivity contribution in [1.82, 2.24) is 10.2 Å². The van der Waals surface area contributed by atoms with Gasteiger partial charge in [-0.1, -0.05) is 142 Å². The van der Waals surface area contributed by atoms with E-state index in [4.69, 9.17) is 0 Å². The van der Waals surface area contributed by atoms with E-state index in [1.165, 1.54) is 0 Å². The van der Waals surface area contributed by atoms with Crippen molar-refractivity contribution in [2.45, 2.75) is 65.2 Å². The minimum atomic E-state index is -0.548. The number of rotatable bonds is 13. The molecule has 1 N–H and O–H groups in total. The summed E-state index contributed by atoms with van der Waals surface area (Å²) in [5.41, 5.74) is 4.00. The van der Waals surface area contributed by atoms with Crippen LogP contribution >= 0.6 is 0 Å². The molecule has 1 amide bonds. The summed E-state index contributed by atoms with van der Waals surface area (Å²) in [5, 5.41) is 3.22. The predicted octanol–water partition coefficient (Wildman–Crippen LogP) is 7.03. The van der Waals surface area contributed by atoms with Gasteiger partial charge in [-0.05, 0) is 35.1 Å². The highest BCUT2D eigenvalue weighted by molar-refractivity contribution is 5.86. The van der Waals surface area contributed by atoms with Gasteiger partial charge >= 0.3 is 0 Å². The van der Waals surface area contributed by atoms with Crippen molar-refractivity contribution in [2.24, 2.45) is 5.41 Å². The Balaban J connectivity index is 1.66. The van der Waals surface area contributed by atoms with Gasteiger partial charge in [0, 0.05) is 31.0 Å². The number of ketones is 1. The molecule has 0 bridgehead atoms. The van der Waals surface area contributed by atoms with E-state index in [1.807, 2.05) is 93.6 Å². The second-order valence-electron chi connectivity index (χ2n) is 11.9. The van der Waals surface area contributed by atoms with Crippen molar-refractivity contribution in [2.75, 3.05) is 0 Å². The maximum Gasteiger partial charge on any atom is 0.225 e. The number of amides is 1. The van der Waals surface area contributed by atoms with Crippen LogP contribution in [0.15, 0.2) is 121 Å². The number of benzene rings is 4. The van der Waals surface area contributed by atoms with Crippen LogP contribution < -0.4 is 5.32 Å². The molecule has 0 saturated carbocycles. The topological polar surface area (TPSA) is 49.4 Å². The van der Waals surface area contributed by atoms with Gasteiger partial charge in [0.2, 0.25) is 5.91 Å². The summed E-state index contributed by atoms with van der Waals surface area (Å²) in [7, 11) is 0. The highest BCUT2D eigenvalue weighted by Gasteiger charge is 2.31. The van der Waals surface area contributed by atoms with Crippen molar-refractivity contribution in [3.05, 3.63) is 144 Å². The molecular formula is C37H42N2O2. The van der Waals surface area contributed by atoms with Crippen LogP contribution in [0.3, 0.4) is 0 Å². The molecule has 0 heterocycles. The molecule has 4 nitrogen and oxygen atoms in total. The summed E-state index contributed by atoms with van der Waals surface area (Å²) in [4.78, 5) is 29.8. The van der Waals surface area contributed by atoms with E-state index in [2.05, 4.69) is 58.7 Å². The fourth-order valence-electron chi connectivity index (χ4n) is 5.05. The van der Waals surface area contributed by atoms with Crippen molar-refractivity contribution < 1.29 is 9.59 Å². The molecule has 212 valence electrons. The lowest BCUT2D eigenvalue weighted by Crippen LogP contribution is -2.48. The molecular weight excluding hydrogens is 504 g/mol. The van der Waals surface area contributed by atoms with Gasteiger partial charge in [0.25, 0.3) is 0 Å². The van der Waals surface area contributed by atoms with Crippen molar-refractivity contribution in [3.8, 4) is 0 Å². The quantitative estimate of drug-likeness (QED) is 0.196. The second kappa shape index (κ2) is 14.6. The molecule has 41 heavy (non-hydrogen) atoms. The number of hydrogen-bond donors (Lipinski definition) is 1. The summed E-state index contributed by atoms with van der Waals surface area (Å²) < 4.78 is 0. The van der Waals surface area contributed by atoms with Crippen LogP contribution in [-0.4, -0.2) is 28.7 Å². The van der Waals surface area contributed by atoms with Crippen LogP contribution in [0.2, 0.25) is 0 Å². The molecule has 0 aromatic heterocycles. The summed E-state index contributed by atoms with van der Waals surface area (Å²) in [6, 6.07) is 40.3. The van der Waals surface area contributed by atoms with E-state index in [0.29, 0.717) is 25.9 Å². The van der Waals surface area contributed by atoms with Crippen LogP contribution in [0, 0.1) is 5.41 Å². The zero-order valence-electron chi connectivity index (χ0n) is 24.5. The van der Waals surface area contributed by atoms with Crippen LogP contribution in [-0.2, 0) is 35.5 Å². The number of carbonyl (C=O) groups is 2. The first-order chi connectivity index (χ1) is 19.8. The molecule has 0 radical (unpaired) electrons. The molecule has 4 heteroatoms. The average Bonchev–Trinajstić information content (AvgIpc) is 2.97. The highest BCUT2D eigenvalue weighted by Crippen LogP contribution is 2.21. The normalized spacial score (nSPS) is 13.0. The number of nitrogens with zero attached hydrogens (tertiary/aromatic N) is 1. The van der Waals surface area contributed by atoms with E-state index < -0.39 is 5.41 Å². The van der Waals surface area contributed by atoms with Gasteiger partial charge in [-0.2, -0.15) is 0 Å². The molecule has 0 saturated heterocycles. The van der Waals surface area contributed by atoms with Gasteiger partial charge < -0.3 is 5.32 Å². The fourth-order valence-corrected chi connectivity index (χ4v) is 5.05. The van der Waals surface area contributed by atoms with E-state index >= 15 is 0 Å². The van der Waals surface area contributed by atoms with Gasteiger partial charge in [0.1, 0.15) is 0 Å². The standard InChI is InChI=1S/C37H42N2O2/c1-37(2,3)36(41)38-33(24-29-16-8-4-9-17-29)26-35(40)34(25-30-18-10-5-11-19-30)39(27-31-20-12-6-13-21-31)28-32-22-14-7-15-23-32/h4-23,33-34H,24-28H2,1-3H3,(H,38,41)/t33-,34-/m0/s1. The maximum absolute atomic E-state index is 14.4. The smallest absolute Gasteiger partial charge is 0.225 e. The highest BCUT2D eigenvalue weighted by atomic mass is 16.2. The third-order valence-corrected chi connectivity index (χ3v) is 7.33. The molecule has 4 rings (SSSR count). The number of nitrogens with one attached hydrogen (secondary N) is 1. The van der Waals surface area contributed by atoms with E-state index in [-0.39, 0.29) is 30.2 Å². The molecule has 0 aliphatic carbocycles. The number of carbonyl (C=O) groups excluding carboxylic acids is 2. The monoisotopic (exact) mass is 546 g/mol. The zero-order chi connectivity index (χ0) is 29.1. The molecule has 0 aliphatic heterocycles. The summed E-state index contributed by atoms with van der Waals surface area (Å²) in [6.07, 6.45) is 1.46. The van der Waals surface area contributed by atoms with Crippen LogP contribution in [0.5, 0.6) is 0 Å². The van der Waals surface area contributed by atoms with Gasteiger partial charge in [-0.25, -0.2) is 0 Å². The summed E-state index contributed by atoms with van der Waals surface area (Å²) in [6.45, 7) is 7.02. The van der Waals surface area contributed by atoms with Gasteiger partial charge in [0.15, 0.2) is 5.78 Å². The third kappa shape index (κ3) is 9.54. The Hall–Kier alpha value is -4.02. The van der Waals surface area contributed by atoms with Crippen molar-refractivity contribution in [3.63, 3.8) is 0 Å². The lowest BCUT2D eigenvalue weighted by molar-refractivity contribution is -0.130. The number of Topliss-reactive ketones (excluding diaryl/α,β-unsaturated/α-hetero) is 1. The van der Waals surface area contributed by atoms with E-state index in [0.717, 1.165) is 22.3 Å². The molecule has 4 aromatic rings. The first-order valence-electron chi connectivity index (χ1n) is 14.5. The molecule has 0 fully saturated rings. The Morgan fingerprint density at radius 3 is 1.41 bits per heavy atom. The molecule has 2 atom stereocenters. The SMILES string of the molecule is CC(C)(C)C(=O)N[C@H](CC(=O)[C@H](Cc1ccccc1)N(Cc1ccccc1)Cc1ccccc1)Cc1ccccc1. The Morgan fingerprint density at radius 2 is 1.00 bits per heavy atom. The maximum atomic E-state index is 14.4. The fraction of sp³-hybridized carbons (Fsp3) is 0.297. The second-order valence-corrected chi connectivity index (χ2v) is 11.9. The average molecular weight is 547 g/mol.